The molecule has 7 nitrogen and oxygen atoms in total. The topological polar surface area (TPSA) is 72.4 Å². The predicted molar refractivity (Wildman–Crippen MR) is 93.3 cm³/mol. The first kappa shape index (κ1) is 16.9. The fourth-order valence-corrected chi connectivity index (χ4v) is 3.29. The van der Waals surface area contributed by atoms with Crippen molar-refractivity contribution >= 4 is 5.82 Å². The maximum Gasteiger partial charge on any atom is 0.123 e. The molecule has 0 unspecified atom stereocenters. The molecule has 1 aliphatic heterocycles. The number of nitrogens with zero attached hydrogens (tertiary/aromatic N) is 5. The summed E-state index contributed by atoms with van der Waals surface area (Å²) < 4.78 is 7.94. The second kappa shape index (κ2) is 7.29. The first-order valence-corrected chi connectivity index (χ1v) is 8.22. The van der Waals surface area contributed by atoms with E-state index >= 15 is 0 Å². The van der Waals surface area contributed by atoms with Crippen LogP contribution < -0.4 is 5.73 Å². The number of nitrogens with two attached hydrogens (primary N) is 1. The van der Waals surface area contributed by atoms with Crippen LogP contribution in [0.25, 0.3) is 0 Å². The first-order valence-electron chi connectivity index (χ1n) is 8.22. The summed E-state index contributed by atoms with van der Waals surface area (Å²) in [5.41, 5.74) is 8.00. The highest BCUT2D eigenvalue weighted by atomic mass is 16.5. The van der Waals surface area contributed by atoms with Crippen molar-refractivity contribution in [3.63, 3.8) is 0 Å². The Morgan fingerprint density at radius 3 is 2.83 bits per heavy atom. The van der Waals surface area contributed by atoms with Crippen molar-refractivity contribution in [2.45, 2.75) is 18.7 Å². The zero-order chi connectivity index (χ0) is 17.1. The minimum atomic E-state index is 0.111. The fraction of sp³-hybridized carbons (Fsp3) is 0.529. The van der Waals surface area contributed by atoms with E-state index in [-0.39, 0.29) is 12.1 Å². The van der Waals surface area contributed by atoms with Crippen LogP contribution in [-0.2, 0) is 18.3 Å². The molecule has 2 atom stereocenters. The third kappa shape index (κ3) is 3.92. The van der Waals surface area contributed by atoms with Crippen LogP contribution in [0.3, 0.4) is 0 Å². The van der Waals surface area contributed by atoms with Crippen molar-refractivity contribution < 1.29 is 4.74 Å². The molecule has 0 spiro atoms. The number of hydrogen-bond acceptors (Lipinski definition) is 6. The van der Waals surface area contributed by atoms with Crippen molar-refractivity contribution in [2.75, 3.05) is 39.5 Å². The number of likely N-dealkylation sites (N-methyl/N-ethyl adjacent to an activating group) is 2. The molecule has 1 aliphatic rings. The van der Waals surface area contributed by atoms with Crippen LogP contribution in [0.5, 0.6) is 0 Å². The van der Waals surface area contributed by atoms with Gasteiger partial charge in [-0.3, -0.25) is 14.5 Å². The van der Waals surface area contributed by atoms with Crippen LogP contribution in [0.1, 0.15) is 17.2 Å². The molecule has 1 fully saturated rings. The first-order chi connectivity index (χ1) is 11.5. The smallest absolute Gasteiger partial charge is 0.123 e. The highest BCUT2D eigenvalue weighted by Crippen LogP contribution is 2.28. The summed E-state index contributed by atoms with van der Waals surface area (Å²) >= 11 is 0. The molecule has 0 radical (unpaired) electrons. The summed E-state index contributed by atoms with van der Waals surface area (Å²) in [6.45, 7) is 3.35. The van der Waals surface area contributed by atoms with Gasteiger partial charge in [-0.25, -0.2) is 4.98 Å². The fourth-order valence-electron chi connectivity index (χ4n) is 3.29. The lowest BCUT2D eigenvalue weighted by molar-refractivity contribution is -0.0743. The largest absolute Gasteiger partial charge is 0.384 e. The minimum Gasteiger partial charge on any atom is -0.384 e. The van der Waals surface area contributed by atoms with E-state index in [0.717, 1.165) is 31.8 Å². The number of ether oxygens (including phenoxy) is 1. The van der Waals surface area contributed by atoms with E-state index < -0.39 is 0 Å². The van der Waals surface area contributed by atoms with Gasteiger partial charge in [0, 0.05) is 44.6 Å². The van der Waals surface area contributed by atoms with Gasteiger partial charge in [-0.1, -0.05) is 6.07 Å². The number of anilines is 1. The number of nitrogen functional groups attached to an aromatic ring is 1. The Morgan fingerprint density at radius 1 is 1.33 bits per heavy atom. The second-order valence-corrected chi connectivity index (χ2v) is 6.57. The average Bonchev–Trinajstić information content (AvgIpc) is 2.96. The van der Waals surface area contributed by atoms with Crippen LogP contribution in [0, 0.1) is 0 Å². The summed E-state index contributed by atoms with van der Waals surface area (Å²) in [4.78, 5) is 8.77. The van der Waals surface area contributed by atoms with Crippen LogP contribution in [0.4, 0.5) is 5.82 Å². The van der Waals surface area contributed by atoms with Crippen molar-refractivity contribution in [2.24, 2.45) is 7.05 Å². The van der Waals surface area contributed by atoms with Gasteiger partial charge in [0.1, 0.15) is 5.82 Å². The molecule has 2 aromatic heterocycles. The zero-order valence-electron chi connectivity index (χ0n) is 14.6. The molecule has 130 valence electrons. The third-order valence-electron chi connectivity index (χ3n) is 4.46. The standard InChI is InChI=1S/C17H26N6O/c1-21(10-13-4-5-16(18)19-8-13)12-15-17(22(2)6-7-24-15)14-9-20-23(3)11-14/h4-5,8-9,11,15,17H,6-7,10,12H2,1-3H3,(H2,18,19)/t15-,17-/m0/s1. The van der Waals surface area contributed by atoms with Gasteiger partial charge in [-0.05, 0) is 25.7 Å². The highest BCUT2D eigenvalue weighted by molar-refractivity contribution is 5.29. The average molecular weight is 330 g/mol. The Labute approximate surface area is 143 Å². The number of aryl methyl sites for hydroxylation is 1. The van der Waals surface area contributed by atoms with Gasteiger partial charge in [0.2, 0.25) is 0 Å². The molecule has 0 bridgehead atoms. The number of hydrogen-bond donors (Lipinski definition) is 1. The molecule has 1 saturated heterocycles. The summed E-state index contributed by atoms with van der Waals surface area (Å²) in [5, 5.41) is 4.32. The number of morpholine rings is 1. The molecular formula is C17H26N6O. The summed E-state index contributed by atoms with van der Waals surface area (Å²) in [7, 11) is 6.20. The van der Waals surface area contributed by atoms with Gasteiger partial charge in [0.05, 0.1) is 24.9 Å². The number of aromatic nitrogens is 3. The van der Waals surface area contributed by atoms with Gasteiger partial charge in [0.15, 0.2) is 0 Å². The molecule has 0 aromatic carbocycles. The quantitative estimate of drug-likeness (QED) is 0.878. The van der Waals surface area contributed by atoms with E-state index in [1.165, 1.54) is 5.56 Å². The van der Waals surface area contributed by atoms with Crippen LogP contribution >= 0.6 is 0 Å². The van der Waals surface area contributed by atoms with Crippen molar-refractivity contribution in [3.8, 4) is 0 Å². The van der Waals surface area contributed by atoms with E-state index in [9.17, 15) is 0 Å². The lowest BCUT2D eigenvalue weighted by atomic mass is 10.0. The lowest BCUT2D eigenvalue weighted by Crippen LogP contribution is -2.47. The molecular weight excluding hydrogens is 304 g/mol. The third-order valence-corrected chi connectivity index (χ3v) is 4.46. The summed E-state index contributed by atoms with van der Waals surface area (Å²) in [6.07, 6.45) is 5.96. The van der Waals surface area contributed by atoms with Crippen LogP contribution in [0.15, 0.2) is 30.7 Å². The molecule has 24 heavy (non-hydrogen) atoms. The van der Waals surface area contributed by atoms with Crippen LogP contribution in [0.2, 0.25) is 0 Å². The van der Waals surface area contributed by atoms with Gasteiger partial charge >= 0.3 is 0 Å². The number of pyridine rings is 1. The van der Waals surface area contributed by atoms with Crippen molar-refractivity contribution in [3.05, 3.63) is 41.9 Å². The van der Waals surface area contributed by atoms with Crippen LogP contribution in [-0.4, -0.2) is 64.5 Å². The second-order valence-electron chi connectivity index (χ2n) is 6.57. The van der Waals surface area contributed by atoms with E-state index in [2.05, 4.69) is 40.2 Å². The normalized spacial score (nSPS) is 22.2. The van der Waals surface area contributed by atoms with E-state index in [0.29, 0.717) is 5.82 Å². The molecule has 3 heterocycles. The Bertz CT molecular complexity index is 655. The van der Waals surface area contributed by atoms with E-state index in [1.54, 1.807) is 0 Å². The molecule has 2 aromatic rings. The molecule has 0 saturated carbocycles. The van der Waals surface area contributed by atoms with Gasteiger partial charge in [0.25, 0.3) is 0 Å². The summed E-state index contributed by atoms with van der Waals surface area (Å²) in [5.74, 6) is 0.551. The SMILES string of the molecule is CN(Cc1ccc(N)nc1)C[C@@H]1OCCN(C)[C@H]1c1cnn(C)c1. The highest BCUT2D eigenvalue weighted by Gasteiger charge is 2.33. The van der Waals surface area contributed by atoms with Gasteiger partial charge in [-0.2, -0.15) is 5.10 Å². The molecule has 3 rings (SSSR count). The molecule has 7 heteroatoms. The van der Waals surface area contributed by atoms with E-state index in [4.69, 9.17) is 10.5 Å². The predicted octanol–water partition coefficient (Wildman–Crippen LogP) is 0.901. The Morgan fingerprint density at radius 2 is 2.17 bits per heavy atom. The molecule has 2 N–H and O–H groups in total. The Balaban J connectivity index is 1.67. The summed E-state index contributed by atoms with van der Waals surface area (Å²) in [6, 6.07) is 4.08. The van der Waals surface area contributed by atoms with Gasteiger partial charge in [-0.15, -0.1) is 0 Å². The molecule has 0 amide bonds. The van der Waals surface area contributed by atoms with Crippen molar-refractivity contribution in [1.82, 2.24) is 24.6 Å². The Kier molecular flexibility index (Phi) is 5.13. The minimum absolute atomic E-state index is 0.111. The monoisotopic (exact) mass is 330 g/mol. The zero-order valence-corrected chi connectivity index (χ0v) is 14.6. The van der Waals surface area contributed by atoms with Gasteiger partial charge < -0.3 is 10.5 Å². The van der Waals surface area contributed by atoms with Crippen molar-refractivity contribution in [1.29, 1.82) is 0 Å². The Hall–Kier alpha value is -1.96. The maximum atomic E-state index is 6.10. The van der Waals surface area contributed by atoms with E-state index in [1.807, 2.05) is 36.3 Å². The molecule has 0 aliphatic carbocycles. The lowest BCUT2D eigenvalue weighted by Gasteiger charge is -2.40. The number of rotatable bonds is 5. The maximum absolute atomic E-state index is 6.10.